The van der Waals surface area contributed by atoms with Crippen LogP contribution in [-0.2, 0) is 17.7 Å². The number of hydrogen-bond acceptors (Lipinski definition) is 5. The summed E-state index contributed by atoms with van der Waals surface area (Å²) in [6, 6.07) is 8.77. The van der Waals surface area contributed by atoms with Crippen molar-refractivity contribution < 1.29 is 27.4 Å². The highest BCUT2D eigenvalue weighted by atomic mass is 127. The van der Waals surface area contributed by atoms with E-state index in [1.807, 2.05) is 19.1 Å². The molecule has 7 nitrogen and oxygen atoms in total. The number of benzene rings is 1. The van der Waals surface area contributed by atoms with Gasteiger partial charge in [0.2, 0.25) is 0 Å². The van der Waals surface area contributed by atoms with E-state index in [-0.39, 0.29) is 42.0 Å². The molecule has 0 aliphatic rings. The zero-order valence-corrected chi connectivity index (χ0v) is 20.8. The first-order valence-electron chi connectivity index (χ1n) is 10.5. The second-order valence-electron chi connectivity index (χ2n) is 6.45. The van der Waals surface area contributed by atoms with Crippen molar-refractivity contribution in [3.05, 3.63) is 47.9 Å². The molecular weight excluding hydrogens is 535 g/mol. The summed E-state index contributed by atoms with van der Waals surface area (Å²) in [5.74, 6) is 1.70. The lowest BCUT2D eigenvalue weighted by Gasteiger charge is -2.16. The Morgan fingerprint density at radius 3 is 2.59 bits per heavy atom. The van der Waals surface area contributed by atoms with E-state index < -0.39 is 6.61 Å². The van der Waals surface area contributed by atoms with Crippen molar-refractivity contribution in [1.29, 1.82) is 0 Å². The van der Waals surface area contributed by atoms with Crippen LogP contribution in [0.15, 0.2) is 46.0 Å². The molecule has 0 saturated heterocycles. The van der Waals surface area contributed by atoms with E-state index >= 15 is 0 Å². The zero-order chi connectivity index (χ0) is 22.3. The molecule has 2 N–H and O–H groups in total. The van der Waals surface area contributed by atoms with E-state index in [1.165, 1.54) is 0 Å². The van der Waals surface area contributed by atoms with Gasteiger partial charge in [0.1, 0.15) is 5.76 Å². The van der Waals surface area contributed by atoms with E-state index in [4.69, 9.17) is 18.6 Å². The fourth-order valence-corrected chi connectivity index (χ4v) is 2.80. The lowest BCUT2D eigenvalue weighted by molar-refractivity contribution is -0.0520. The molecule has 0 aliphatic carbocycles. The third kappa shape index (κ3) is 10.5. The van der Waals surface area contributed by atoms with E-state index in [2.05, 4.69) is 15.6 Å². The van der Waals surface area contributed by atoms with Crippen LogP contribution in [0.1, 0.15) is 31.6 Å². The number of nitrogens with zero attached hydrogens (tertiary/aromatic N) is 1. The molecule has 0 unspecified atom stereocenters. The molecule has 0 bridgehead atoms. The van der Waals surface area contributed by atoms with Crippen LogP contribution in [0.2, 0.25) is 0 Å². The van der Waals surface area contributed by atoms with Crippen molar-refractivity contribution in [1.82, 2.24) is 10.6 Å². The standard InChI is InChI=1S/C22H31F2N3O4.HI/c1-3-28-14-7-12-25-22(26-13-11-18-9-6-15-30-18)27-16-17-8-5-10-19(29-4-2)20(17)31-21(23)24;/h5-6,8-10,15,21H,3-4,7,11-14,16H2,1-2H3,(H2,25,26,27);1H. The SMILES string of the molecule is CCOCCCNC(=NCc1cccc(OCC)c1OC(F)F)NCCc1ccco1.I. The Labute approximate surface area is 204 Å². The van der Waals surface area contributed by atoms with Gasteiger partial charge in [-0.15, -0.1) is 24.0 Å². The maximum atomic E-state index is 12.9. The second-order valence-corrected chi connectivity index (χ2v) is 6.45. The lowest BCUT2D eigenvalue weighted by Crippen LogP contribution is -2.39. The number of nitrogens with one attached hydrogen (secondary N) is 2. The van der Waals surface area contributed by atoms with Gasteiger partial charge in [0.25, 0.3) is 0 Å². The summed E-state index contributed by atoms with van der Waals surface area (Å²) in [6.07, 6.45) is 3.13. The predicted molar refractivity (Wildman–Crippen MR) is 130 cm³/mol. The molecular formula is C22H32F2IN3O4. The Morgan fingerprint density at radius 2 is 1.91 bits per heavy atom. The summed E-state index contributed by atoms with van der Waals surface area (Å²) in [5.41, 5.74) is 0.507. The Balaban J connectivity index is 0.00000512. The number of aliphatic imine (C=N–C) groups is 1. The third-order valence-electron chi connectivity index (χ3n) is 4.18. The normalized spacial score (nSPS) is 11.2. The van der Waals surface area contributed by atoms with Crippen LogP contribution < -0.4 is 20.1 Å². The maximum Gasteiger partial charge on any atom is 0.387 e. The molecule has 0 aliphatic heterocycles. The fraction of sp³-hybridized carbons (Fsp3) is 0.500. The molecule has 1 aromatic heterocycles. The molecule has 2 aromatic rings. The van der Waals surface area contributed by atoms with Crippen LogP contribution in [0.25, 0.3) is 0 Å². The lowest BCUT2D eigenvalue weighted by atomic mass is 10.2. The minimum absolute atomic E-state index is 0. The maximum absolute atomic E-state index is 12.9. The highest BCUT2D eigenvalue weighted by Gasteiger charge is 2.15. The minimum atomic E-state index is -2.95. The molecule has 2 rings (SSSR count). The highest BCUT2D eigenvalue weighted by molar-refractivity contribution is 14.0. The first-order valence-corrected chi connectivity index (χ1v) is 10.5. The van der Waals surface area contributed by atoms with Gasteiger partial charge in [0.05, 0.1) is 19.4 Å². The minimum Gasteiger partial charge on any atom is -0.490 e. The average molecular weight is 567 g/mol. The van der Waals surface area contributed by atoms with Gasteiger partial charge in [-0.25, -0.2) is 4.99 Å². The quantitative estimate of drug-likeness (QED) is 0.151. The monoisotopic (exact) mass is 567 g/mol. The van der Waals surface area contributed by atoms with Gasteiger partial charge in [-0.2, -0.15) is 8.78 Å². The average Bonchev–Trinajstić information content (AvgIpc) is 3.26. The number of rotatable bonds is 14. The number of para-hydroxylation sites is 1. The van der Waals surface area contributed by atoms with Crippen molar-refractivity contribution in [3.63, 3.8) is 0 Å². The number of guanidine groups is 1. The van der Waals surface area contributed by atoms with Crippen molar-refractivity contribution in [2.75, 3.05) is 32.9 Å². The van der Waals surface area contributed by atoms with Gasteiger partial charge in [-0.1, -0.05) is 12.1 Å². The molecule has 0 radical (unpaired) electrons. The van der Waals surface area contributed by atoms with Crippen molar-refractivity contribution in [3.8, 4) is 11.5 Å². The third-order valence-corrected chi connectivity index (χ3v) is 4.18. The van der Waals surface area contributed by atoms with E-state index in [9.17, 15) is 8.78 Å². The van der Waals surface area contributed by atoms with Crippen LogP contribution in [0, 0.1) is 0 Å². The van der Waals surface area contributed by atoms with E-state index in [0.717, 1.165) is 12.2 Å². The Morgan fingerprint density at radius 1 is 1.09 bits per heavy atom. The molecule has 1 heterocycles. The number of ether oxygens (including phenoxy) is 3. The number of halogens is 3. The molecule has 32 heavy (non-hydrogen) atoms. The van der Waals surface area contributed by atoms with Crippen LogP contribution in [0.4, 0.5) is 8.78 Å². The first kappa shape index (κ1) is 28.0. The van der Waals surface area contributed by atoms with Crippen molar-refractivity contribution in [2.45, 2.75) is 39.8 Å². The smallest absolute Gasteiger partial charge is 0.387 e. The first-order chi connectivity index (χ1) is 15.1. The van der Waals surface area contributed by atoms with Crippen LogP contribution >= 0.6 is 24.0 Å². The molecule has 0 fully saturated rings. The Kier molecular flexibility index (Phi) is 14.4. The largest absolute Gasteiger partial charge is 0.490 e. The highest BCUT2D eigenvalue weighted by Crippen LogP contribution is 2.33. The number of furan rings is 1. The molecule has 0 atom stereocenters. The van der Waals surface area contributed by atoms with Gasteiger partial charge >= 0.3 is 6.61 Å². The van der Waals surface area contributed by atoms with Gasteiger partial charge < -0.3 is 29.3 Å². The van der Waals surface area contributed by atoms with Gasteiger partial charge in [0.15, 0.2) is 17.5 Å². The van der Waals surface area contributed by atoms with Gasteiger partial charge in [0, 0.05) is 38.3 Å². The molecule has 180 valence electrons. The van der Waals surface area contributed by atoms with Crippen LogP contribution in [0.5, 0.6) is 11.5 Å². The predicted octanol–water partition coefficient (Wildman–Crippen LogP) is 4.60. The molecule has 0 saturated carbocycles. The topological polar surface area (TPSA) is 77.2 Å². The second kappa shape index (κ2) is 16.5. The summed E-state index contributed by atoms with van der Waals surface area (Å²) in [6.45, 7) is 3.84. The number of alkyl halides is 2. The van der Waals surface area contributed by atoms with Crippen LogP contribution in [0.3, 0.4) is 0 Å². The number of hydrogen-bond donors (Lipinski definition) is 2. The van der Waals surface area contributed by atoms with E-state index in [0.29, 0.717) is 50.9 Å². The Hall–Kier alpha value is -2.08. The van der Waals surface area contributed by atoms with E-state index in [1.54, 1.807) is 31.4 Å². The van der Waals surface area contributed by atoms with Crippen molar-refractivity contribution in [2.24, 2.45) is 4.99 Å². The summed E-state index contributed by atoms with van der Waals surface area (Å²) in [5, 5.41) is 6.47. The summed E-state index contributed by atoms with van der Waals surface area (Å²) >= 11 is 0. The van der Waals surface area contributed by atoms with Gasteiger partial charge in [-0.3, -0.25) is 0 Å². The van der Waals surface area contributed by atoms with Crippen molar-refractivity contribution >= 4 is 29.9 Å². The zero-order valence-electron chi connectivity index (χ0n) is 18.4. The fourth-order valence-electron chi connectivity index (χ4n) is 2.80. The van der Waals surface area contributed by atoms with Gasteiger partial charge in [-0.05, 0) is 38.5 Å². The summed E-state index contributed by atoms with van der Waals surface area (Å²) in [4.78, 5) is 4.54. The summed E-state index contributed by atoms with van der Waals surface area (Å²) < 4.78 is 46.7. The molecule has 0 amide bonds. The molecule has 0 spiro atoms. The Bertz CT molecular complexity index is 777. The molecule has 1 aromatic carbocycles. The summed E-state index contributed by atoms with van der Waals surface area (Å²) in [7, 11) is 0. The molecule has 10 heteroatoms. The van der Waals surface area contributed by atoms with Crippen LogP contribution in [-0.4, -0.2) is 45.5 Å².